The van der Waals surface area contributed by atoms with Crippen molar-refractivity contribution in [2.24, 2.45) is 7.05 Å². The highest BCUT2D eigenvalue weighted by atomic mass is 35.5. The molecule has 0 radical (unpaired) electrons. The fourth-order valence-electron chi connectivity index (χ4n) is 4.90. The van der Waals surface area contributed by atoms with Gasteiger partial charge in [0, 0.05) is 18.9 Å². The largest absolute Gasteiger partial charge is 0.347 e. The number of hydrogen-bond acceptors (Lipinski definition) is 2. The van der Waals surface area contributed by atoms with Crippen molar-refractivity contribution >= 4 is 46.4 Å². The summed E-state index contributed by atoms with van der Waals surface area (Å²) in [5, 5.41) is 3.78. The van der Waals surface area contributed by atoms with Crippen LogP contribution in [-0.4, -0.2) is 14.3 Å². The van der Waals surface area contributed by atoms with Gasteiger partial charge < -0.3 is 0 Å². The number of nitrogens with one attached hydrogen (secondary N) is 1. The van der Waals surface area contributed by atoms with Crippen molar-refractivity contribution in [2.45, 2.75) is 37.1 Å². The van der Waals surface area contributed by atoms with Gasteiger partial charge in [0.2, 0.25) is 0 Å². The molecule has 9 heteroatoms. The summed E-state index contributed by atoms with van der Waals surface area (Å²) in [7, 11) is 1.43. The van der Waals surface area contributed by atoms with Crippen LogP contribution in [0.5, 0.6) is 0 Å². The number of H-pyrrole nitrogens is 1. The molecule has 0 amide bonds. The number of allylic oxidation sites excluding steroid dienone is 1. The quantitative estimate of drug-likeness (QED) is 0.431. The molecule has 0 spiro atoms. The average Bonchev–Trinajstić information content (AvgIpc) is 3.20. The van der Waals surface area contributed by atoms with Gasteiger partial charge in [-0.25, -0.2) is 23.9 Å². The average molecular weight is 435 g/mol. The molecule has 2 unspecified atom stereocenters. The topological polar surface area (TPSA) is 59.8 Å². The van der Waals surface area contributed by atoms with Crippen molar-refractivity contribution in [3.05, 3.63) is 64.3 Å². The molecule has 2 aliphatic rings. The van der Waals surface area contributed by atoms with Gasteiger partial charge in [-0.1, -0.05) is 58.6 Å². The molecular weight excluding hydrogens is 420 g/mol. The van der Waals surface area contributed by atoms with E-state index in [0.29, 0.717) is 10.0 Å². The molecule has 138 valence electrons. The maximum Gasteiger partial charge on any atom is 0.347 e. The summed E-state index contributed by atoms with van der Waals surface area (Å²) in [6.45, 7) is 6.00. The summed E-state index contributed by atoms with van der Waals surface area (Å²) < 4.78 is 2.42. The highest BCUT2D eigenvalue weighted by Crippen LogP contribution is 2.69. The van der Waals surface area contributed by atoms with Crippen molar-refractivity contribution in [1.29, 1.82) is 0 Å². The molecule has 0 saturated heterocycles. The minimum Gasteiger partial charge on any atom is -0.246 e. The summed E-state index contributed by atoms with van der Waals surface area (Å²) in [5.74, 6) is -0.369. The number of halogens is 4. The van der Waals surface area contributed by atoms with Crippen LogP contribution in [0.25, 0.3) is 0 Å². The van der Waals surface area contributed by atoms with Gasteiger partial charge in [0.15, 0.2) is 0 Å². The van der Waals surface area contributed by atoms with Gasteiger partial charge in [-0.2, -0.15) is 0 Å². The van der Waals surface area contributed by atoms with Crippen LogP contribution in [0.1, 0.15) is 42.7 Å². The summed E-state index contributed by atoms with van der Waals surface area (Å²) in [4.78, 5) is 24.9. The van der Waals surface area contributed by atoms with E-state index in [0.717, 1.165) is 34.1 Å². The molecule has 1 aromatic heterocycles. The van der Waals surface area contributed by atoms with Gasteiger partial charge >= 0.3 is 11.4 Å². The Labute approximate surface area is 169 Å². The highest BCUT2D eigenvalue weighted by molar-refractivity contribution is 6.52. The summed E-state index contributed by atoms with van der Waals surface area (Å²) in [6.07, 6.45) is 1.53. The van der Waals surface area contributed by atoms with Gasteiger partial charge in [-0.05, 0) is 30.9 Å². The Hall–Kier alpha value is -1.14. The molecule has 26 heavy (non-hydrogen) atoms. The number of fused-ring (bicyclic) bond motifs is 5. The lowest BCUT2D eigenvalue weighted by Crippen LogP contribution is -2.45. The third kappa shape index (κ3) is 1.90. The van der Waals surface area contributed by atoms with Gasteiger partial charge in [0.1, 0.15) is 5.54 Å². The van der Waals surface area contributed by atoms with Gasteiger partial charge in [-0.15, -0.1) is 0 Å². The number of hydrogen-bond donors (Lipinski definition) is 1. The standard InChI is InChI=1S/C17H15Cl4N3O2/c1-6(2)17(24-16(26)23(3)15(25)22-24)7-4-5-8(17)10-9(7)11(18)13(20)14(21)12(10)19/h7-8H,1,4-5H2,2-3H3,(H,22,25). The predicted molar refractivity (Wildman–Crippen MR) is 104 cm³/mol. The first-order chi connectivity index (χ1) is 12.2. The zero-order valence-electron chi connectivity index (χ0n) is 14.0. The normalized spacial score (nSPS) is 26.4. The fourth-order valence-corrected chi connectivity index (χ4v) is 6.04. The molecule has 2 aliphatic carbocycles. The van der Waals surface area contributed by atoms with Crippen molar-refractivity contribution < 1.29 is 0 Å². The van der Waals surface area contributed by atoms with E-state index >= 15 is 0 Å². The Bertz CT molecular complexity index is 1050. The monoisotopic (exact) mass is 433 g/mol. The molecule has 1 saturated carbocycles. The Morgan fingerprint density at radius 2 is 1.50 bits per heavy atom. The minimum absolute atomic E-state index is 0.185. The summed E-state index contributed by atoms with van der Waals surface area (Å²) >= 11 is 25.6. The third-order valence-corrected chi connectivity index (χ3v) is 7.72. The molecule has 2 aromatic rings. The Balaban J connectivity index is 2.12. The van der Waals surface area contributed by atoms with Crippen LogP contribution in [0.15, 0.2) is 21.7 Å². The van der Waals surface area contributed by atoms with Crippen molar-refractivity contribution in [3.8, 4) is 0 Å². The van der Waals surface area contributed by atoms with Gasteiger partial charge in [0.05, 0.1) is 20.1 Å². The van der Waals surface area contributed by atoms with Crippen LogP contribution in [0, 0.1) is 0 Å². The second-order valence-electron chi connectivity index (χ2n) is 6.97. The highest BCUT2D eigenvalue weighted by Gasteiger charge is 2.62. The van der Waals surface area contributed by atoms with E-state index in [2.05, 4.69) is 11.7 Å². The molecule has 2 bridgehead atoms. The van der Waals surface area contributed by atoms with Crippen molar-refractivity contribution in [1.82, 2.24) is 14.3 Å². The predicted octanol–water partition coefficient (Wildman–Crippen LogP) is 4.43. The molecule has 1 heterocycles. The maximum absolute atomic E-state index is 12.8. The molecule has 4 rings (SSSR count). The lowest BCUT2D eigenvalue weighted by molar-refractivity contribution is 0.269. The Kier molecular flexibility index (Phi) is 3.98. The van der Waals surface area contributed by atoms with Crippen LogP contribution in [0.2, 0.25) is 20.1 Å². The van der Waals surface area contributed by atoms with Gasteiger partial charge in [-0.3, -0.25) is 0 Å². The number of aromatic amines is 1. The van der Waals surface area contributed by atoms with Crippen LogP contribution in [-0.2, 0) is 12.6 Å². The van der Waals surface area contributed by atoms with E-state index in [-0.39, 0.29) is 21.9 Å². The molecule has 5 nitrogen and oxygen atoms in total. The lowest BCUT2D eigenvalue weighted by Gasteiger charge is -2.35. The SMILES string of the molecule is C=C(C)C1(n2[nH]c(=O)n(C)c2=O)C2CCC1c1c(Cl)c(Cl)c(Cl)c(Cl)c12. The second-order valence-corrected chi connectivity index (χ2v) is 8.48. The van der Waals surface area contributed by atoms with Crippen LogP contribution < -0.4 is 11.4 Å². The Morgan fingerprint density at radius 3 is 1.85 bits per heavy atom. The maximum atomic E-state index is 12.8. The number of benzene rings is 1. The number of aromatic nitrogens is 3. The summed E-state index contributed by atoms with van der Waals surface area (Å²) in [5.41, 5.74) is 0.543. The van der Waals surface area contributed by atoms with E-state index in [1.165, 1.54) is 11.7 Å². The van der Waals surface area contributed by atoms with Crippen molar-refractivity contribution in [3.63, 3.8) is 0 Å². The fraction of sp³-hybridized carbons (Fsp3) is 0.412. The number of rotatable bonds is 2. The molecule has 1 N–H and O–H groups in total. The van der Waals surface area contributed by atoms with E-state index in [1.54, 1.807) is 0 Å². The summed E-state index contributed by atoms with van der Waals surface area (Å²) in [6, 6.07) is 0. The van der Waals surface area contributed by atoms with Crippen molar-refractivity contribution in [2.75, 3.05) is 0 Å². The first kappa shape index (κ1) is 18.2. The zero-order chi connectivity index (χ0) is 19.1. The van der Waals surface area contributed by atoms with Crippen LogP contribution in [0.3, 0.4) is 0 Å². The van der Waals surface area contributed by atoms with E-state index in [9.17, 15) is 9.59 Å². The molecule has 2 atom stereocenters. The third-order valence-electron chi connectivity index (χ3n) is 5.89. The smallest absolute Gasteiger partial charge is 0.246 e. The first-order valence-electron chi connectivity index (χ1n) is 8.05. The van der Waals surface area contributed by atoms with Gasteiger partial charge in [0.25, 0.3) is 0 Å². The van der Waals surface area contributed by atoms with Crippen LogP contribution in [0.4, 0.5) is 0 Å². The minimum atomic E-state index is -0.860. The van der Waals surface area contributed by atoms with E-state index in [4.69, 9.17) is 46.4 Å². The second kappa shape index (κ2) is 5.68. The van der Waals surface area contributed by atoms with E-state index in [1.807, 2.05) is 6.92 Å². The molecular formula is C17H15Cl4N3O2. The molecule has 1 aromatic carbocycles. The molecule has 1 fully saturated rings. The molecule has 0 aliphatic heterocycles. The van der Waals surface area contributed by atoms with Crippen LogP contribution >= 0.6 is 46.4 Å². The number of nitrogens with zero attached hydrogens (tertiary/aromatic N) is 2. The first-order valence-corrected chi connectivity index (χ1v) is 9.57. The zero-order valence-corrected chi connectivity index (χ0v) is 17.0. The Morgan fingerprint density at radius 1 is 1.04 bits per heavy atom. The lowest BCUT2D eigenvalue weighted by atomic mass is 9.79. The van der Waals surface area contributed by atoms with E-state index < -0.39 is 16.9 Å².